The van der Waals surface area contributed by atoms with E-state index in [-0.39, 0.29) is 11.7 Å². The van der Waals surface area contributed by atoms with Crippen LogP contribution in [0, 0.1) is 5.82 Å². The van der Waals surface area contributed by atoms with Crippen molar-refractivity contribution in [1.82, 2.24) is 5.32 Å². The van der Waals surface area contributed by atoms with Gasteiger partial charge in [0.15, 0.2) is 0 Å². The summed E-state index contributed by atoms with van der Waals surface area (Å²) in [5, 5.41) is 5.80. The summed E-state index contributed by atoms with van der Waals surface area (Å²) >= 11 is 0. The number of ether oxygens (including phenoxy) is 1. The topological polar surface area (TPSA) is 67.4 Å². The Hall–Kier alpha value is -2.73. The Labute approximate surface area is 139 Å². The first kappa shape index (κ1) is 17.6. The quantitative estimate of drug-likeness (QED) is 0.799. The molecule has 0 aliphatic heterocycles. The molecule has 1 amide bonds. The molecule has 0 aliphatic rings. The zero-order valence-electron chi connectivity index (χ0n) is 13.5. The molecule has 1 atom stereocenters. The summed E-state index contributed by atoms with van der Waals surface area (Å²) in [5.41, 5.74) is 2.18. The second-order valence-corrected chi connectivity index (χ2v) is 5.27. The van der Waals surface area contributed by atoms with Gasteiger partial charge in [0.05, 0.1) is 7.11 Å². The van der Waals surface area contributed by atoms with Gasteiger partial charge < -0.3 is 10.1 Å². The van der Waals surface area contributed by atoms with Crippen LogP contribution in [0.5, 0.6) is 0 Å². The summed E-state index contributed by atoms with van der Waals surface area (Å²) in [6.45, 7) is 1.82. The first-order chi connectivity index (χ1) is 11.5. The molecule has 0 unspecified atom stereocenters. The average Bonchev–Trinajstić information content (AvgIpc) is 2.56. The van der Waals surface area contributed by atoms with Crippen molar-refractivity contribution in [1.29, 1.82) is 0 Å². The molecule has 6 heteroatoms. The summed E-state index contributed by atoms with van der Waals surface area (Å²) in [6, 6.07) is 12.2. The van der Waals surface area contributed by atoms with E-state index < -0.39 is 12.0 Å². The first-order valence-corrected chi connectivity index (χ1v) is 7.43. The number of carbonyl (C=O) groups is 2. The Morgan fingerprint density at radius 3 is 2.50 bits per heavy atom. The number of halogens is 1. The predicted octanol–water partition coefficient (Wildman–Crippen LogP) is 2.79. The summed E-state index contributed by atoms with van der Waals surface area (Å²) in [5.74, 6) is -0.983. The van der Waals surface area contributed by atoms with Gasteiger partial charge in [0.25, 0.3) is 0 Å². The highest BCUT2D eigenvalue weighted by atomic mass is 19.1. The number of amides is 1. The average molecular weight is 330 g/mol. The van der Waals surface area contributed by atoms with Crippen LogP contribution >= 0.6 is 0 Å². The van der Waals surface area contributed by atoms with Gasteiger partial charge in [-0.05, 0) is 35.4 Å². The maximum atomic E-state index is 13.1. The van der Waals surface area contributed by atoms with E-state index >= 15 is 0 Å². The van der Waals surface area contributed by atoms with E-state index in [2.05, 4.69) is 10.6 Å². The van der Waals surface area contributed by atoms with Gasteiger partial charge in [0, 0.05) is 19.2 Å². The zero-order chi connectivity index (χ0) is 17.5. The Bertz CT molecular complexity index is 716. The number of rotatable bonds is 6. The van der Waals surface area contributed by atoms with E-state index in [1.165, 1.54) is 38.3 Å². The van der Waals surface area contributed by atoms with Gasteiger partial charge in [-0.1, -0.05) is 24.3 Å². The number of carbonyl (C=O) groups excluding carboxylic acids is 2. The molecule has 0 radical (unpaired) electrons. The molecule has 0 heterocycles. The minimum Gasteiger partial charge on any atom is -0.468 e. The van der Waals surface area contributed by atoms with E-state index in [0.29, 0.717) is 17.8 Å². The maximum Gasteiger partial charge on any atom is 0.327 e. The third kappa shape index (κ3) is 4.89. The van der Waals surface area contributed by atoms with Crippen LogP contribution < -0.4 is 10.6 Å². The van der Waals surface area contributed by atoms with Gasteiger partial charge in [-0.2, -0.15) is 0 Å². The van der Waals surface area contributed by atoms with Crippen molar-refractivity contribution < 1.29 is 18.7 Å². The van der Waals surface area contributed by atoms with Crippen LogP contribution in [0.3, 0.4) is 0 Å². The molecule has 2 rings (SSSR count). The molecule has 2 aromatic carbocycles. The monoisotopic (exact) mass is 330 g/mol. The van der Waals surface area contributed by atoms with Crippen molar-refractivity contribution >= 4 is 17.6 Å². The highest BCUT2D eigenvalue weighted by Crippen LogP contribution is 2.17. The lowest BCUT2D eigenvalue weighted by Crippen LogP contribution is -2.29. The minimum atomic E-state index is -0.708. The lowest BCUT2D eigenvalue weighted by molar-refractivity contribution is -0.143. The second kappa shape index (κ2) is 8.21. The SMILES string of the molecule is COC(=O)[C@H](NCc1cccc(NC(C)=O)c1)c1ccc(F)cc1. The van der Waals surface area contributed by atoms with Gasteiger partial charge in [-0.3, -0.25) is 10.1 Å². The number of hydrogen-bond acceptors (Lipinski definition) is 4. The fraction of sp³-hybridized carbons (Fsp3) is 0.222. The summed E-state index contributed by atoms with van der Waals surface area (Å²) in [7, 11) is 1.30. The third-order valence-electron chi connectivity index (χ3n) is 3.40. The highest BCUT2D eigenvalue weighted by Gasteiger charge is 2.20. The van der Waals surface area contributed by atoms with Crippen LogP contribution in [-0.2, 0) is 20.9 Å². The standard InChI is InChI=1S/C18H19FN2O3/c1-12(22)21-16-5-3-4-13(10-16)11-20-17(18(23)24-2)14-6-8-15(19)9-7-14/h3-10,17,20H,11H2,1-2H3,(H,21,22)/t17-/m1/s1. The van der Waals surface area contributed by atoms with Gasteiger partial charge in [0.1, 0.15) is 11.9 Å². The van der Waals surface area contributed by atoms with Crippen LogP contribution in [-0.4, -0.2) is 19.0 Å². The molecule has 0 bridgehead atoms. The number of benzene rings is 2. The molecule has 0 aliphatic carbocycles. The van der Waals surface area contributed by atoms with Crippen molar-refractivity contribution in [3.05, 3.63) is 65.5 Å². The van der Waals surface area contributed by atoms with E-state index in [9.17, 15) is 14.0 Å². The maximum absolute atomic E-state index is 13.1. The Kier molecular flexibility index (Phi) is 6.03. The van der Waals surface area contributed by atoms with E-state index in [1.54, 1.807) is 6.07 Å². The second-order valence-electron chi connectivity index (χ2n) is 5.27. The molecule has 0 saturated carbocycles. The largest absolute Gasteiger partial charge is 0.468 e. The fourth-order valence-electron chi connectivity index (χ4n) is 2.29. The molecular formula is C18H19FN2O3. The normalized spacial score (nSPS) is 11.6. The molecule has 2 N–H and O–H groups in total. The molecular weight excluding hydrogens is 311 g/mol. The van der Waals surface area contributed by atoms with Crippen LogP contribution in [0.1, 0.15) is 24.1 Å². The molecule has 126 valence electrons. The molecule has 0 aromatic heterocycles. The van der Waals surface area contributed by atoms with Crippen LogP contribution in [0.15, 0.2) is 48.5 Å². The summed E-state index contributed by atoms with van der Waals surface area (Å²) in [4.78, 5) is 23.1. The van der Waals surface area contributed by atoms with Gasteiger partial charge in [-0.25, -0.2) is 9.18 Å². The molecule has 24 heavy (non-hydrogen) atoms. The number of hydrogen-bond donors (Lipinski definition) is 2. The molecule has 5 nitrogen and oxygen atoms in total. The van der Waals surface area contributed by atoms with Crippen molar-refractivity contribution in [2.45, 2.75) is 19.5 Å². The lowest BCUT2D eigenvalue weighted by atomic mass is 10.1. The minimum absolute atomic E-state index is 0.154. The first-order valence-electron chi connectivity index (χ1n) is 7.43. The van der Waals surface area contributed by atoms with Crippen molar-refractivity contribution in [2.75, 3.05) is 12.4 Å². The number of nitrogens with one attached hydrogen (secondary N) is 2. The smallest absolute Gasteiger partial charge is 0.327 e. The molecule has 0 spiro atoms. The zero-order valence-corrected chi connectivity index (χ0v) is 13.5. The van der Waals surface area contributed by atoms with Crippen molar-refractivity contribution in [3.63, 3.8) is 0 Å². The fourth-order valence-corrected chi connectivity index (χ4v) is 2.29. The van der Waals surface area contributed by atoms with Gasteiger partial charge >= 0.3 is 5.97 Å². The van der Waals surface area contributed by atoms with Crippen LogP contribution in [0.25, 0.3) is 0 Å². The number of esters is 1. The number of methoxy groups -OCH3 is 1. The van der Waals surface area contributed by atoms with Crippen molar-refractivity contribution in [3.8, 4) is 0 Å². The van der Waals surface area contributed by atoms with E-state index in [0.717, 1.165) is 5.56 Å². The molecule has 0 fully saturated rings. The Morgan fingerprint density at radius 2 is 1.88 bits per heavy atom. The highest BCUT2D eigenvalue weighted by molar-refractivity contribution is 5.88. The summed E-state index contributed by atoms with van der Waals surface area (Å²) in [6.07, 6.45) is 0. The lowest BCUT2D eigenvalue weighted by Gasteiger charge is -2.17. The molecule has 0 saturated heterocycles. The Balaban J connectivity index is 2.12. The van der Waals surface area contributed by atoms with Crippen LogP contribution in [0.2, 0.25) is 0 Å². The number of anilines is 1. The van der Waals surface area contributed by atoms with Crippen LogP contribution in [0.4, 0.5) is 10.1 Å². The third-order valence-corrected chi connectivity index (χ3v) is 3.40. The Morgan fingerprint density at radius 1 is 1.17 bits per heavy atom. The van der Waals surface area contributed by atoms with Gasteiger partial charge in [-0.15, -0.1) is 0 Å². The van der Waals surface area contributed by atoms with E-state index in [4.69, 9.17) is 4.74 Å². The van der Waals surface area contributed by atoms with Gasteiger partial charge in [0.2, 0.25) is 5.91 Å². The van der Waals surface area contributed by atoms with E-state index in [1.807, 2.05) is 18.2 Å². The molecule has 2 aromatic rings. The summed E-state index contributed by atoms with van der Waals surface area (Å²) < 4.78 is 17.9. The predicted molar refractivity (Wildman–Crippen MR) is 88.7 cm³/mol. The van der Waals surface area contributed by atoms with Crippen molar-refractivity contribution in [2.24, 2.45) is 0 Å².